The van der Waals surface area contributed by atoms with Gasteiger partial charge in [-0.3, -0.25) is 4.79 Å². The second-order valence-corrected chi connectivity index (χ2v) is 3.87. The van der Waals surface area contributed by atoms with Crippen molar-refractivity contribution in [2.45, 2.75) is 6.92 Å². The van der Waals surface area contributed by atoms with Crippen LogP contribution in [-0.4, -0.2) is 5.78 Å². The highest BCUT2D eigenvalue weighted by molar-refractivity contribution is 5.98. The summed E-state index contributed by atoms with van der Waals surface area (Å²) < 4.78 is 0. The molecular formula is C14H14O. The first-order valence-electron chi connectivity index (χ1n) is 5.23. The van der Waals surface area contributed by atoms with Crippen molar-refractivity contribution in [1.82, 2.24) is 0 Å². The molecule has 0 bridgehead atoms. The summed E-state index contributed by atoms with van der Waals surface area (Å²) in [6.07, 6.45) is 8.15. The molecule has 1 aliphatic carbocycles. The molecule has 15 heavy (non-hydrogen) atoms. The Hall–Kier alpha value is -1.63. The van der Waals surface area contributed by atoms with Gasteiger partial charge in [-0.2, -0.15) is 0 Å². The third kappa shape index (κ3) is 2.07. The molecule has 0 fully saturated rings. The molecule has 1 aromatic carbocycles. The lowest BCUT2D eigenvalue weighted by molar-refractivity contribution is 0.0915. The van der Waals surface area contributed by atoms with Gasteiger partial charge >= 0.3 is 0 Å². The van der Waals surface area contributed by atoms with E-state index in [2.05, 4.69) is 12.2 Å². The predicted molar refractivity (Wildman–Crippen MR) is 61.7 cm³/mol. The normalized spacial score (nSPS) is 16.9. The van der Waals surface area contributed by atoms with Gasteiger partial charge in [0.1, 0.15) is 0 Å². The summed E-state index contributed by atoms with van der Waals surface area (Å²) in [5.41, 5.74) is 0.804. The molecule has 0 aliphatic heterocycles. The van der Waals surface area contributed by atoms with Gasteiger partial charge in [-0.1, -0.05) is 61.6 Å². The third-order valence-corrected chi connectivity index (χ3v) is 2.83. The number of hydrogen-bond acceptors (Lipinski definition) is 1. The molecule has 0 saturated carbocycles. The van der Waals surface area contributed by atoms with E-state index in [0.29, 0.717) is 0 Å². The molecule has 1 nitrogen and oxygen atoms in total. The SMILES string of the molecule is CC(C(=O)c1ccccc1)C1C=CC=C1. The Morgan fingerprint density at radius 3 is 2.33 bits per heavy atom. The van der Waals surface area contributed by atoms with Crippen LogP contribution >= 0.6 is 0 Å². The lowest BCUT2D eigenvalue weighted by Crippen LogP contribution is -2.17. The van der Waals surface area contributed by atoms with Crippen LogP contribution < -0.4 is 0 Å². The number of carbonyl (C=O) groups is 1. The molecule has 0 spiro atoms. The average Bonchev–Trinajstić information content (AvgIpc) is 2.82. The molecule has 0 radical (unpaired) electrons. The zero-order chi connectivity index (χ0) is 10.7. The predicted octanol–water partition coefficient (Wildman–Crippen LogP) is 3.25. The Morgan fingerprint density at radius 1 is 1.13 bits per heavy atom. The summed E-state index contributed by atoms with van der Waals surface area (Å²) in [5, 5.41) is 0. The maximum atomic E-state index is 12.1. The van der Waals surface area contributed by atoms with E-state index in [1.54, 1.807) is 0 Å². The van der Waals surface area contributed by atoms with Crippen LogP contribution in [0.4, 0.5) is 0 Å². The van der Waals surface area contributed by atoms with Crippen molar-refractivity contribution in [2.75, 3.05) is 0 Å². The van der Waals surface area contributed by atoms with Crippen molar-refractivity contribution in [3.63, 3.8) is 0 Å². The summed E-state index contributed by atoms with van der Waals surface area (Å²) in [6, 6.07) is 9.49. The number of Topliss-reactive ketones (excluding diaryl/α,β-unsaturated/α-hetero) is 1. The zero-order valence-electron chi connectivity index (χ0n) is 8.76. The number of allylic oxidation sites excluding steroid dienone is 4. The van der Waals surface area contributed by atoms with Crippen LogP contribution in [-0.2, 0) is 0 Å². The largest absolute Gasteiger partial charge is 0.294 e. The van der Waals surface area contributed by atoms with Gasteiger partial charge in [0.15, 0.2) is 5.78 Å². The van der Waals surface area contributed by atoms with Crippen molar-refractivity contribution in [3.05, 3.63) is 60.2 Å². The molecule has 1 aromatic rings. The maximum absolute atomic E-state index is 12.1. The van der Waals surface area contributed by atoms with E-state index < -0.39 is 0 Å². The van der Waals surface area contributed by atoms with E-state index in [1.165, 1.54) is 0 Å². The Kier molecular flexibility index (Phi) is 2.82. The molecule has 0 aromatic heterocycles. The van der Waals surface area contributed by atoms with Crippen LogP contribution in [0.1, 0.15) is 17.3 Å². The number of carbonyl (C=O) groups excluding carboxylic acids is 1. The minimum atomic E-state index is 0.0300. The molecular weight excluding hydrogens is 184 g/mol. The summed E-state index contributed by atoms with van der Waals surface area (Å²) in [4.78, 5) is 12.1. The van der Waals surface area contributed by atoms with Crippen LogP contribution in [0.5, 0.6) is 0 Å². The van der Waals surface area contributed by atoms with Gasteiger partial charge in [0.05, 0.1) is 0 Å². The third-order valence-electron chi connectivity index (χ3n) is 2.83. The molecule has 1 aliphatic rings. The molecule has 1 unspecified atom stereocenters. The van der Waals surface area contributed by atoms with E-state index >= 15 is 0 Å². The summed E-state index contributed by atoms with van der Waals surface area (Å²) in [6.45, 7) is 1.99. The Morgan fingerprint density at radius 2 is 1.73 bits per heavy atom. The molecule has 1 atom stereocenters. The van der Waals surface area contributed by atoms with Gasteiger partial charge in [0, 0.05) is 17.4 Å². The fourth-order valence-electron chi connectivity index (χ4n) is 1.82. The monoisotopic (exact) mass is 198 g/mol. The highest BCUT2D eigenvalue weighted by atomic mass is 16.1. The van der Waals surface area contributed by atoms with Crippen molar-refractivity contribution in [1.29, 1.82) is 0 Å². The molecule has 76 valence electrons. The molecule has 0 amide bonds. The Labute approximate surface area is 90.1 Å². The fraction of sp³-hybridized carbons (Fsp3) is 0.214. The van der Waals surface area contributed by atoms with Crippen molar-refractivity contribution >= 4 is 5.78 Å². The Balaban J connectivity index is 2.15. The van der Waals surface area contributed by atoms with Gasteiger partial charge in [-0.05, 0) is 0 Å². The summed E-state index contributed by atoms with van der Waals surface area (Å²) in [7, 11) is 0. The summed E-state index contributed by atoms with van der Waals surface area (Å²) in [5.74, 6) is 0.511. The van der Waals surface area contributed by atoms with Crippen molar-refractivity contribution < 1.29 is 4.79 Å². The van der Waals surface area contributed by atoms with E-state index in [1.807, 2.05) is 49.4 Å². The maximum Gasteiger partial charge on any atom is 0.166 e. The number of hydrogen-bond donors (Lipinski definition) is 0. The first-order chi connectivity index (χ1) is 7.29. The Bertz CT molecular complexity index is 389. The van der Waals surface area contributed by atoms with E-state index in [0.717, 1.165) is 5.56 Å². The van der Waals surface area contributed by atoms with Gasteiger partial charge < -0.3 is 0 Å². The number of rotatable bonds is 3. The smallest absolute Gasteiger partial charge is 0.166 e. The van der Waals surface area contributed by atoms with Gasteiger partial charge in [-0.15, -0.1) is 0 Å². The number of ketones is 1. The van der Waals surface area contributed by atoms with E-state index in [-0.39, 0.29) is 17.6 Å². The van der Waals surface area contributed by atoms with Gasteiger partial charge in [0.25, 0.3) is 0 Å². The van der Waals surface area contributed by atoms with Crippen molar-refractivity contribution in [3.8, 4) is 0 Å². The first kappa shape index (κ1) is 9.91. The van der Waals surface area contributed by atoms with Crippen LogP contribution in [0.2, 0.25) is 0 Å². The topological polar surface area (TPSA) is 17.1 Å². The fourth-order valence-corrected chi connectivity index (χ4v) is 1.82. The van der Waals surface area contributed by atoms with Crippen LogP contribution in [0.3, 0.4) is 0 Å². The second-order valence-electron chi connectivity index (χ2n) is 3.87. The van der Waals surface area contributed by atoms with Gasteiger partial charge in [0.2, 0.25) is 0 Å². The lowest BCUT2D eigenvalue weighted by atomic mass is 9.88. The number of benzene rings is 1. The standard InChI is InChI=1S/C14H14O/c1-11(12-7-5-6-8-12)14(15)13-9-3-2-4-10-13/h2-12H,1H3. The second kappa shape index (κ2) is 4.26. The van der Waals surface area contributed by atoms with Gasteiger partial charge in [-0.25, -0.2) is 0 Å². The van der Waals surface area contributed by atoms with Crippen LogP contribution in [0, 0.1) is 11.8 Å². The van der Waals surface area contributed by atoms with E-state index in [9.17, 15) is 4.79 Å². The quantitative estimate of drug-likeness (QED) is 0.681. The summed E-state index contributed by atoms with van der Waals surface area (Å²) >= 11 is 0. The highest BCUT2D eigenvalue weighted by Crippen LogP contribution is 2.22. The van der Waals surface area contributed by atoms with E-state index in [4.69, 9.17) is 0 Å². The van der Waals surface area contributed by atoms with Crippen LogP contribution in [0.15, 0.2) is 54.6 Å². The van der Waals surface area contributed by atoms with Crippen LogP contribution in [0.25, 0.3) is 0 Å². The zero-order valence-corrected chi connectivity index (χ0v) is 8.76. The average molecular weight is 198 g/mol. The first-order valence-corrected chi connectivity index (χ1v) is 5.23. The molecule has 2 rings (SSSR count). The molecule has 0 N–H and O–H groups in total. The minimum absolute atomic E-state index is 0.0300. The lowest BCUT2D eigenvalue weighted by Gasteiger charge is -2.14. The highest BCUT2D eigenvalue weighted by Gasteiger charge is 2.21. The van der Waals surface area contributed by atoms with Crippen molar-refractivity contribution in [2.24, 2.45) is 11.8 Å². The minimum Gasteiger partial charge on any atom is -0.294 e. The molecule has 1 heteroatoms. The molecule has 0 heterocycles. The molecule has 0 saturated heterocycles.